The molecule has 1 saturated heterocycles. The highest BCUT2D eigenvalue weighted by Gasteiger charge is 2.29. The first-order valence-corrected chi connectivity index (χ1v) is 11.7. The highest BCUT2D eigenvalue weighted by atomic mass is 16.5. The van der Waals surface area contributed by atoms with E-state index >= 15 is 0 Å². The molecule has 0 aromatic heterocycles. The Hall–Kier alpha value is -2.53. The van der Waals surface area contributed by atoms with Crippen molar-refractivity contribution in [2.45, 2.75) is 51.6 Å². The van der Waals surface area contributed by atoms with Crippen LogP contribution in [0.1, 0.15) is 43.2 Å². The van der Waals surface area contributed by atoms with Gasteiger partial charge in [0.15, 0.2) is 0 Å². The molecule has 5 heteroatoms. The van der Waals surface area contributed by atoms with Gasteiger partial charge in [-0.15, -0.1) is 0 Å². The van der Waals surface area contributed by atoms with Crippen LogP contribution in [0.4, 0.5) is 5.69 Å². The molecule has 1 N–H and O–H groups in total. The van der Waals surface area contributed by atoms with Gasteiger partial charge in [0.05, 0.1) is 18.2 Å². The molecule has 4 rings (SSSR count). The van der Waals surface area contributed by atoms with Crippen molar-refractivity contribution in [2.75, 3.05) is 37.7 Å². The maximum atomic E-state index is 12.8. The molecule has 2 heterocycles. The molecule has 1 atom stereocenters. The van der Waals surface area contributed by atoms with Gasteiger partial charge in [-0.1, -0.05) is 54.8 Å². The van der Waals surface area contributed by atoms with Gasteiger partial charge in [0.2, 0.25) is 5.91 Å². The first-order valence-electron chi connectivity index (χ1n) is 11.7. The van der Waals surface area contributed by atoms with E-state index in [1.807, 2.05) is 18.2 Å². The van der Waals surface area contributed by atoms with E-state index in [0.29, 0.717) is 13.0 Å². The Morgan fingerprint density at radius 2 is 1.77 bits per heavy atom. The maximum absolute atomic E-state index is 12.8. The van der Waals surface area contributed by atoms with Gasteiger partial charge in [0, 0.05) is 19.6 Å². The Labute approximate surface area is 186 Å². The number of hydrogen-bond acceptors (Lipinski definition) is 4. The number of carbonyl (C=O) groups is 1. The van der Waals surface area contributed by atoms with Crippen molar-refractivity contribution in [2.24, 2.45) is 0 Å². The van der Waals surface area contributed by atoms with Crippen molar-refractivity contribution in [3.05, 3.63) is 59.7 Å². The van der Waals surface area contributed by atoms with Crippen LogP contribution in [0.15, 0.2) is 48.5 Å². The molecular formula is C26H35N3O2. The van der Waals surface area contributed by atoms with Crippen LogP contribution < -0.4 is 15.0 Å². The largest absolute Gasteiger partial charge is 0.489 e. The lowest BCUT2D eigenvalue weighted by Gasteiger charge is -2.38. The second-order valence-corrected chi connectivity index (χ2v) is 8.86. The predicted molar refractivity (Wildman–Crippen MR) is 126 cm³/mol. The molecular weight excluding hydrogens is 386 g/mol. The average molecular weight is 422 g/mol. The van der Waals surface area contributed by atoms with Gasteiger partial charge >= 0.3 is 0 Å². The third-order valence-electron chi connectivity index (χ3n) is 6.39. The molecule has 0 spiro atoms. The van der Waals surface area contributed by atoms with E-state index in [9.17, 15) is 4.79 Å². The van der Waals surface area contributed by atoms with E-state index in [-0.39, 0.29) is 11.9 Å². The molecule has 0 saturated carbocycles. The van der Waals surface area contributed by atoms with Crippen LogP contribution >= 0.6 is 0 Å². The van der Waals surface area contributed by atoms with Crippen molar-refractivity contribution in [1.29, 1.82) is 0 Å². The Balaban J connectivity index is 1.37. The molecule has 0 radical (unpaired) electrons. The van der Waals surface area contributed by atoms with Crippen LogP contribution in [0.2, 0.25) is 0 Å². The Kier molecular flexibility index (Phi) is 7.47. The van der Waals surface area contributed by atoms with Crippen LogP contribution in [0.3, 0.4) is 0 Å². The SMILES string of the molecule is Cc1ccc(CN2c3ccccc3OCC2CC(=O)NCCN2CCCCCC2)cc1. The first-order chi connectivity index (χ1) is 15.2. The molecule has 2 aliphatic rings. The number of nitrogens with one attached hydrogen (secondary N) is 1. The summed E-state index contributed by atoms with van der Waals surface area (Å²) in [4.78, 5) is 17.6. The van der Waals surface area contributed by atoms with Crippen LogP contribution in [0.25, 0.3) is 0 Å². The summed E-state index contributed by atoms with van der Waals surface area (Å²) in [5.74, 6) is 1.00. The molecule has 2 aromatic rings. The summed E-state index contributed by atoms with van der Waals surface area (Å²) in [5.41, 5.74) is 3.57. The number of likely N-dealkylation sites (tertiary alicyclic amines) is 1. The van der Waals surface area contributed by atoms with E-state index in [0.717, 1.165) is 44.2 Å². The summed E-state index contributed by atoms with van der Waals surface area (Å²) in [5, 5.41) is 3.15. The molecule has 166 valence electrons. The zero-order valence-electron chi connectivity index (χ0n) is 18.7. The smallest absolute Gasteiger partial charge is 0.222 e. The van der Waals surface area contributed by atoms with E-state index in [2.05, 4.69) is 52.4 Å². The number of rotatable bonds is 7. The number of para-hydroxylation sites is 2. The number of carbonyl (C=O) groups excluding carboxylic acids is 1. The minimum atomic E-state index is 0.0226. The third kappa shape index (κ3) is 6.01. The second kappa shape index (κ2) is 10.7. The lowest BCUT2D eigenvalue weighted by molar-refractivity contribution is -0.121. The van der Waals surface area contributed by atoms with E-state index < -0.39 is 0 Å². The number of ether oxygens (including phenoxy) is 1. The molecule has 1 unspecified atom stereocenters. The van der Waals surface area contributed by atoms with Gasteiger partial charge in [0.1, 0.15) is 12.4 Å². The lowest BCUT2D eigenvalue weighted by atomic mass is 10.1. The zero-order chi connectivity index (χ0) is 21.5. The highest BCUT2D eigenvalue weighted by Crippen LogP contribution is 2.35. The minimum Gasteiger partial charge on any atom is -0.489 e. The van der Waals surface area contributed by atoms with Crippen molar-refractivity contribution >= 4 is 11.6 Å². The van der Waals surface area contributed by atoms with Gasteiger partial charge in [0.25, 0.3) is 0 Å². The number of anilines is 1. The van der Waals surface area contributed by atoms with Gasteiger partial charge in [-0.2, -0.15) is 0 Å². The summed E-state index contributed by atoms with van der Waals surface area (Å²) >= 11 is 0. The Morgan fingerprint density at radius 1 is 1.03 bits per heavy atom. The van der Waals surface area contributed by atoms with E-state index in [4.69, 9.17) is 4.74 Å². The van der Waals surface area contributed by atoms with Crippen molar-refractivity contribution in [3.63, 3.8) is 0 Å². The molecule has 31 heavy (non-hydrogen) atoms. The first kappa shape index (κ1) is 21.7. The summed E-state index contributed by atoms with van der Waals surface area (Å²) < 4.78 is 6.01. The second-order valence-electron chi connectivity index (χ2n) is 8.86. The Bertz CT molecular complexity index is 844. The summed E-state index contributed by atoms with van der Waals surface area (Å²) in [6.45, 7) is 7.39. The quantitative estimate of drug-likeness (QED) is 0.730. The van der Waals surface area contributed by atoms with Crippen LogP contribution in [-0.4, -0.2) is 49.6 Å². The standard InChI is InChI=1S/C26H35N3O2/c1-21-10-12-22(13-11-21)19-29-23(20-31-25-9-5-4-8-24(25)29)18-26(30)27-14-17-28-15-6-2-3-7-16-28/h4-5,8-13,23H,2-3,6-7,14-20H2,1H3,(H,27,30). The number of nitrogens with zero attached hydrogens (tertiary/aromatic N) is 2. The zero-order valence-corrected chi connectivity index (χ0v) is 18.7. The average Bonchev–Trinajstić information content (AvgIpc) is 3.06. The molecule has 1 fully saturated rings. The monoisotopic (exact) mass is 421 g/mol. The summed E-state index contributed by atoms with van der Waals surface area (Å²) in [6.07, 6.45) is 5.67. The van der Waals surface area contributed by atoms with Gasteiger partial charge in [-0.05, 0) is 50.6 Å². The fourth-order valence-corrected chi connectivity index (χ4v) is 4.56. The lowest BCUT2D eigenvalue weighted by Crippen LogP contribution is -2.46. The van der Waals surface area contributed by atoms with Gasteiger partial charge in [-0.25, -0.2) is 0 Å². The number of amides is 1. The number of fused-ring (bicyclic) bond motifs is 1. The summed E-state index contributed by atoms with van der Waals surface area (Å²) in [7, 11) is 0. The van der Waals surface area contributed by atoms with Crippen LogP contribution in [0.5, 0.6) is 5.75 Å². The van der Waals surface area contributed by atoms with Crippen molar-refractivity contribution < 1.29 is 9.53 Å². The number of aryl methyl sites for hydroxylation is 1. The fourth-order valence-electron chi connectivity index (χ4n) is 4.56. The number of hydrogen-bond donors (Lipinski definition) is 1. The maximum Gasteiger partial charge on any atom is 0.222 e. The highest BCUT2D eigenvalue weighted by molar-refractivity contribution is 5.77. The third-order valence-corrected chi connectivity index (χ3v) is 6.39. The number of benzene rings is 2. The molecule has 2 aliphatic heterocycles. The van der Waals surface area contributed by atoms with E-state index in [1.54, 1.807) is 0 Å². The van der Waals surface area contributed by atoms with Crippen molar-refractivity contribution in [3.8, 4) is 5.75 Å². The van der Waals surface area contributed by atoms with Crippen LogP contribution in [0, 0.1) is 6.92 Å². The fraction of sp³-hybridized carbons (Fsp3) is 0.500. The molecule has 0 bridgehead atoms. The molecule has 2 aromatic carbocycles. The normalized spacial score (nSPS) is 19.3. The molecule has 1 amide bonds. The van der Waals surface area contributed by atoms with E-state index in [1.165, 1.54) is 36.8 Å². The minimum absolute atomic E-state index is 0.0226. The van der Waals surface area contributed by atoms with Gasteiger partial charge < -0.3 is 19.9 Å². The topological polar surface area (TPSA) is 44.8 Å². The van der Waals surface area contributed by atoms with Gasteiger partial charge in [-0.3, -0.25) is 4.79 Å². The molecule has 5 nitrogen and oxygen atoms in total. The Morgan fingerprint density at radius 3 is 2.55 bits per heavy atom. The molecule has 0 aliphatic carbocycles. The van der Waals surface area contributed by atoms with Crippen molar-refractivity contribution in [1.82, 2.24) is 10.2 Å². The summed E-state index contributed by atoms with van der Waals surface area (Å²) in [6, 6.07) is 16.8. The predicted octanol–water partition coefficient (Wildman–Crippen LogP) is 4.14. The van der Waals surface area contributed by atoms with Crippen LogP contribution in [-0.2, 0) is 11.3 Å².